The van der Waals surface area contributed by atoms with E-state index in [1.54, 1.807) is 0 Å². The van der Waals surface area contributed by atoms with Gasteiger partial charge < -0.3 is 15.3 Å². The molecule has 1 aromatic carbocycles. The molecule has 1 aromatic rings. The molecular formula is C12H17NO6S. The van der Waals surface area contributed by atoms with Gasteiger partial charge in [0.05, 0.1) is 30.1 Å². The molecule has 0 radical (unpaired) electrons. The molecule has 4 N–H and O–H groups in total. The van der Waals surface area contributed by atoms with E-state index in [0.717, 1.165) is 0 Å². The van der Waals surface area contributed by atoms with E-state index in [1.807, 2.05) is 0 Å². The molecule has 112 valence electrons. The van der Waals surface area contributed by atoms with Crippen molar-refractivity contribution in [3.8, 4) is 0 Å². The smallest absolute Gasteiger partial charge is 0.335 e. The maximum Gasteiger partial charge on any atom is 0.335 e. The number of nitrogens with one attached hydrogen (secondary N) is 1. The van der Waals surface area contributed by atoms with Gasteiger partial charge in [0.2, 0.25) is 10.0 Å². The predicted molar refractivity (Wildman–Crippen MR) is 71.7 cm³/mol. The van der Waals surface area contributed by atoms with Gasteiger partial charge in [-0.1, -0.05) is 12.1 Å². The molecule has 0 saturated heterocycles. The Bertz CT molecular complexity index is 562. The molecule has 0 spiro atoms. The number of carbonyl (C=O) groups is 1. The summed E-state index contributed by atoms with van der Waals surface area (Å²) in [6, 6.07) is 5.42. The molecule has 0 bridgehead atoms. The van der Waals surface area contributed by atoms with Gasteiger partial charge in [0.1, 0.15) is 0 Å². The minimum atomic E-state index is -3.77. The van der Waals surface area contributed by atoms with Crippen LogP contribution in [-0.4, -0.2) is 48.5 Å². The van der Waals surface area contributed by atoms with E-state index in [2.05, 4.69) is 4.72 Å². The SMILES string of the molecule is CC(CO)(CO)NS(=O)(=O)Cc1ccc(C(=O)O)cc1. The number of sulfonamides is 1. The van der Waals surface area contributed by atoms with E-state index in [0.29, 0.717) is 5.56 Å². The highest BCUT2D eigenvalue weighted by atomic mass is 32.2. The van der Waals surface area contributed by atoms with Crippen LogP contribution in [0.2, 0.25) is 0 Å². The lowest BCUT2D eigenvalue weighted by Gasteiger charge is -2.25. The van der Waals surface area contributed by atoms with Crippen LogP contribution in [0, 0.1) is 0 Å². The number of benzene rings is 1. The van der Waals surface area contributed by atoms with E-state index < -0.39 is 34.7 Å². The molecule has 1 rings (SSSR count). The molecule has 0 heterocycles. The summed E-state index contributed by atoms with van der Waals surface area (Å²) in [5.74, 6) is -1.46. The van der Waals surface area contributed by atoms with E-state index in [4.69, 9.17) is 15.3 Å². The molecule has 0 aliphatic heterocycles. The summed E-state index contributed by atoms with van der Waals surface area (Å²) in [7, 11) is -3.77. The first-order chi connectivity index (χ1) is 9.21. The van der Waals surface area contributed by atoms with E-state index >= 15 is 0 Å². The Morgan fingerprint density at radius 1 is 1.20 bits per heavy atom. The van der Waals surface area contributed by atoms with Crippen molar-refractivity contribution in [1.29, 1.82) is 0 Å². The molecule has 0 amide bonds. The van der Waals surface area contributed by atoms with Crippen molar-refractivity contribution in [2.75, 3.05) is 13.2 Å². The van der Waals surface area contributed by atoms with Gasteiger partial charge in [-0.05, 0) is 24.6 Å². The third kappa shape index (κ3) is 4.57. The minimum Gasteiger partial charge on any atom is -0.478 e. The average molecular weight is 303 g/mol. The molecular weight excluding hydrogens is 286 g/mol. The number of aromatic carboxylic acids is 1. The molecule has 0 saturated carbocycles. The zero-order valence-corrected chi connectivity index (χ0v) is 11.7. The van der Waals surface area contributed by atoms with E-state index in [9.17, 15) is 13.2 Å². The number of aliphatic hydroxyl groups excluding tert-OH is 2. The highest BCUT2D eigenvalue weighted by Gasteiger charge is 2.28. The molecule has 8 heteroatoms. The monoisotopic (exact) mass is 303 g/mol. The highest BCUT2D eigenvalue weighted by Crippen LogP contribution is 2.11. The molecule has 0 atom stereocenters. The van der Waals surface area contributed by atoms with Gasteiger partial charge in [0.25, 0.3) is 0 Å². The Morgan fingerprint density at radius 2 is 1.70 bits per heavy atom. The topological polar surface area (TPSA) is 124 Å². The standard InChI is InChI=1S/C12H17NO6S/c1-12(7-14,8-15)13-20(18,19)6-9-2-4-10(5-3-9)11(16)17/h2-5,13-15H,6-8H2,1H3,(H,16,17). The number of carboxylic acid groups (broad SMARTS) is 1. The summed E-state index contributed by atoms with van der Waals surface area (Å²) in [5.41, 5.74) is -0.866. The quantitative estimate of drug-likeness (QED) is 0.541. The van der Waals surface area contributed by atoms with Crippen molar-refractivity contribution in [1.82, 2.24) is 4.72 Å². The van der Waals surface area contributed by atoms with Crippen LogP contribution < -0.4 is 4.72 Å². The van der Waals surface area contributed by atoms with Gasteiger partial charge in [0.15, 0.2) is 0 Å². The average Bonchev–Trinajstić information content (AvgIpc) is 2.38. The van der Waals surface area contributed by atoms with Crippen LogP contribution in [0.15, 0.2) is 24.3 Å². The first-order valence-electron chi connectivity index (χ1n) is 5.77. The molecule has 0 aromatic heterocycles. The number of carboxylic acids is 1. The van der Waals surface area contributed by atoms with Crippen molar-refractivity contribution < 1.29 is 28.5 Å². The second-order valence-corrected chi connectivity index (χ2v) is 6.46. The van der Waals surface area contributed by atoms with Gasteiger partial charge in [-0.2, -0.15) is 0 Å². The zero-order valence-electron chi connectivity index (χ0n) is 10.9. The second-order valence-electron chi connectivity index (χ2n) is 4.74. The summed E-state index contributed by atoms with van der Waals surface area (Å²) in [5, 5.41) is 26.9. The van der Waals surface area contributed by atoms with Gasteiger partial charge in [-0.25, -0.2) is 17.9 Å². The molecule has 7 nitrogen and oxygen atoms in total. The first kappa shape index (κ1) is 16.6. The van der Waals surface area contributed by atoms with Crippen LogP contribution in [0.25, 0.3) is 0 Å². The van der Waals surface area contributed by atoms with Gasteiger partial charge in [-0.15, -0.1) is 0 Å². The van der Waals surface area contributed by atoms with Crippen molar-refractivity contribution >= 4 is 16.0 Å². The number of rotatable bonds is 7. The lowest BCUT2D eigenvalue weighted by Crippen LogP contribution is -2.51. The van der Waals surface area contributed by atoms with Crippen LogP contribution in [-0.2, 0) is 15.8 Å². The Kier molecular flexibility index (Phi) is 5.23. The maximum atomic E-state index is 11.9. The van der Waals surface area contributed by atoms with Crippen molar-refractivity contribution in [3.05, 3.63) is 35.4 Å². The summed E-state index contributed by atoms with van der Waals surface area (Å²) in [6.45, 7) is 0.291. The Balaban J connectivity index is 2.83. The Hall–Kier alpha value is -1.48. The van der Waals surface area contributed by atoms with E-state index in [-0.39, 0.29) is 11.3 Å². The summed E-state index contributed by atoms with van der Waals surface area (Å²) in [6.07, 6.45) is 0. The minimum absolute atomic E-state index is 0.0645. The number of hydrogen-bond acceptors (Lipinski definition) is 5. The van der Waals surface area contributed by atoms with Crippen LogP contribution in [0.1, 0.15) is 22.8 Å². The first-order valence-corrected chi connectivity index (χ1v) is 7.42. The predicted octanol–water partition coefficient (Wildman–Crippen LogP) is -0.452. The normalized spacial score (nSPS) is 12.3. The number of hydrogen-bond donors (Lipinski definition) is 4. The molecule has 0 aliphatic carbocycles. The van der Waals surface area contributed by atoms with E-state index in [1.165, 1.54) is 31.2 Å². The maximum absolute atomic E-state index is 11.9. The largest absolute Gasteiger partial charge is 0.478 e. The summed E-state index contributed by atoms with van der Waals surface area (Å²) in [4.78, 5) is 10.7. The zero-order chi connectivity index (χ0) is 15.4. The third-order valence-electron chi connectivity index (χ3n) is 2.66. The van der Waals surface area contributed by atoms with Crippen LogP contribution in [0.4, 0.5) is 0 Å². The van der Waals surface area contributed by atoms with Gasteiger partial charge in [-0.3, -0.25) is 0 Å². The third-order valence-corrected chi connectivity index (χ3v) is 4.17. The van der Waals surface area contributed by atoms with Crippen LogP contribution in [0.3, 0.4) is 0 Å². The fourth-order valence-electron chi connectivity index (χ4n) is 1.49. The molecule has 0 fully saturated rings. The summed E-state index contributed by atoms with van der Waals surface area (Å²) >= 11 is 0. The lowest BCUT2D eigenvalue weighted by molar-refractivity contribution is 0.0697. The fraction of sp³-hybridized carbons (Fsp3) is 0.417. The molecule has 20 heavy (non-hydrogen) atoms. The van der Waals surface area contributed by atoms with Crippen molar-refractivity contribution in [2.45, 2.75) is 18.2 Å². The molecule has 0 aliphatic rings. The lowest BCUT2D eigenvalue weighted by atomic mass is 10.1. The second kappa shape index (κ2) is 6.31. The van der Waals surface area contributed by atoms with Crippen LogP contribution >= 0.6 is 0 Å². The van der Waals surface area contributed by atoms with Crippen molar-refractivity contribution in [3.63, 3.8) is 0 Å². The fourth-order valence-corrected chi connectivity index (χ4v) is 3.07. The van der Waals surface area contributed by atoms with Gasteiger partial charge in [0, 0.05) is 0 Å². The highest BCUT2D eigenvalue weighted by molar-refractivity contribution is 7.88. The summed E-state index contributed by atoms with van der Waals surface area (Å²) < 4.78 is 26.0. The number of aliphatic hydroxyl groups is 2. The van der Waals surface area contributed by atoms with Crippen molar-refractivity contribution in [2.24, 2.45) is 0 Å². The molecule has 0 unspecified atom stereocenters. The van der Waals surface area contributed by atoms with Gasteiger partial charge >= 0.3 is 5.97 Å². The Labute approximate surface area is 116 Å². The Morgan fingerprint density at radius 3 is 2.10 bits per heavy atom. The van der Waals surface area contributed by atoms with Crippen LogP contribution in [0.5, 0.6) is 0 Å².